The summed E-state index contributed by atoms with van der Waals surface area (Å²) >= 11 is 0. The normalized spacial score (nSPS) is 10.6. The summed E-state index contributed by atoms with van der Waals surface area (Å²) in [6, 6.07) is 9.39. The van der Waals surface area contributed by atoms with Crippen LogP contribution in [-0.2, 0) is 4.79 Å². The molecule has 1 N–H and O–H groups in total. The molecule has 0 spiro atoms. The van der Waals surface area contributed by atoms with Crippen molar-refractivity contribution >= 4 is 12.0 Å². The Bertz CT molecular complexity index is 620. The largest absolute Gasteiger partial charge is 0.478 e. The van der Waals surface area contributed by atoms with Crippen LogP contribution in [0, 0.1) is 6.92 Å². The van der Waals surface area contributed by atoms with Crippen molar-refractivity contribution < 1.29 is 14.6 Å². The standard InChI is InChI=1S/C15H13NO3/c1-11-4-2-3-5-14(11)19-13-8-12(9-16-10-13)6-7-15(17)18/h2-10H,1H3,(H,17,18)/b7-6+. The van der Waals surface area contributed by atoms with Gasteiger partial charge in [-0.2, -0.15) is 0 Å². The molecule has 2 rings (SSSR count). The fourth-order valence-electron chi connectivity index (χ4n) is 1.55. The summed E-state index contributed by atoms with van der Waals surface area (Å²) in [4.78, 5) is 14.5. The van der Waals surface area contributed by atoms with Gasteiger partial charge in [-0.25, -0.2) is 4.79 Å². The van der Waals surface area contributed by atoms with Crippen LogP contribution in [0.2, 0.25) is 0 Å². The Morgan fingerprint density at radius 2 is 2.11 bits per heavy atom. The molecule has 0 saturated heterocycles. The number of carboxylic acid groups (broad SMARTS) is 1. The number of ether oxygens (including phenoxy) is 1. The summed E-state index contributed by atoms with van der Waals surface area (Å²) in [6.45, 7) is 1.96. The van der Waals surface area contributed by atoms with Crippen LogP contribution >= 0.6 is 0 Å². The Morgan fingerprint density at radius 3 is 2.84 bits per heavy atom. The van der Waals surface area contributed by atoms with Gasteiger partial charge in [-0.05, 0) is 36.3 Å². The van der Waals surface area contributed by atoms with E-state index in [0.717, 1.165) is 17.4 Å². The van der Waals surface area contributed by atoms with Gasteiger partial charge in [0.1, 0.15) is 11.5 Å². The van der Waals surface area contributed by atoms with E-state index in [9.17, 15) is 4.79 Å². The number of carboxylic acids is 1. The molecule has 0 unspecified atom stereocenters. The van der Waals surface area contributed by atoms with E-state index < -0.39 is 5.97 Å². The summed E-state index contributed by atoms with van der Waals surface area (Å²) in [6.07, 6.45) is 5.70. The van der Waals surface area contributed by atoms with Gasteiger partial charge in [-0.1, -0.05) is 18.2 Å². The molecule has 96 valence electrons. The van der Waals surface area contributed by atoms with E-state index in [-0.39, 0.29) is 0 Å². The van der Waals surface area contributed by atoms with E-state index in [1.807, 2.05) is 31.2 Å². The molecular formula is C15H13NO3. The lowest BCUT2D eigenvalue weighted by atomic mass is 10.2. The molecule has 0 aliphatic heterocycles. The number of benzene rings is 1. The lowest BCUT2D eigenvalue weighted by Gasteiger charge is -2.08. The van der Waals surface area contributed by atoms with E-state index in [4.69, 9.17) is 9.84 Å². The van der Waals surface area contributed by atoms with E-state index in [0.29, 0.717) is 11.3 Å². The SMILES string of the molecule is Cc1ccccc1Oc1cncc(/C=C/C(=O)O)c1. The zero-order valence-electron chi connectivity index (χ0n) is 10.4. The first-order valence-electron chi connectivity index (χ1n) is 5.75. The van der Waals surface area contributed by atoms with E-state index >= 15 is 0 Å². The summed E-state index contributed by atoms with van der Waals surface area (Å²) < 4.78 is 5.71. The number of para-hydroxylation sites is 1. The lowest BCUT2D eigenvalue weighted by Crippen LogP contribution is -1.89. The molecule has 0 aliphatic rings. The molecule has 2 aromatic rings. The lowest BCUT2D eigenvalue weighted by molar-refractivity contribution is -0.131. The highest BCUT2D eigenvalue weighted by molar-refractivity contribution is 5.85. The van der Waals surface area contributed by atoms with Gasteiger partial charge in [-0.15, -0.1) is 0 Å². The number of nitrogens with zero attached hydrogens (tertiary/aromatic N) is 1. The van der Waals surface area contributed by atoms with Crippen molar-refractivity contribution in [3.63, 3.8) is 0 Å². The first kappa shape index (κ1) is 12.8. The maximum absolute atomic E-state index is 10.5. The highest BCUT2D eigenvalue weighted by Gasteiger charge is 2.01. The smallest absolute Gasteiger partial charge is 0.328 e. The molecule has 4 heteroatoms. The van der Waals surface area contributed by atoms with Crippen LogP contribution < -0.4 is 4.74 Å². The average molecular weight is 255 g/mol. The Balaban J connectivity index is 2.20. The maximum Gasteiger partial charge on any atom is 0.328 e. The fraction of sp³-hybridized carbons (Fsp3) is 0.0667. The van der Waals surface area contributed by atoms with Crippen molar-refractivity contribution in [2.45, 2.75) is 6.92 Å². The maximum atomic E-state index is 10.5. The Morgan fingerprint density at radius 1 is 1.32 bits per heavy atom. The summed E-state index contributed by atoms with van der Waals surface area (Å²) in [5, 5.41) is 8.58. The van der Waals surface area contributed by atoms with Crippen molar-refractivity contribution in [2.75, 3.05) is 0 Å². The summed E-state index contributed by atoms with van der Waals surface area (Å²) in [7, 11) is 0. The predicted molar refractivity (Wildman–Crippen MR) is 72.2 cm³/mol. The molecule has 0 atom stereocenters. The third-order valence-corrected chi connectivity index (χ3v) is 2.47. The molecule has 0 saturated carbocycles. The number of hydrogen-bond donors (Lipinski definition) is 1. The number of pyridine rings is 1. The van der Waals surface area contributed by atoms with Crippen molar-refractivity contribution in [3.8, 4) is 11.5 Å². The molecule has 1 heterocycles. The third-order valence-electron chi connectivity index (χ3n) is 2.47. The first-order valence-corrected chi connectivity index (χ1v) is 5.75. The van der Waals surface area contributed by atoms with Crippen molar-refractivity contribution in [1.29, 1.82) is 0 Å². The van der Waals surface area contributed by atoms with Gasteiger partial charge in [0.15, 0.2) is 0 Å². The molecular weight excluding hydrogens is 242 g/mol. The second-order valence-corrected chi connectivity index (χ2v) is 3.99. The Kier molecular flexibility index (Phi) is 3.93. The number of rotatable bonds is 4. The molecule has 0 amide bonds. The molecule has 1 aromatic carbocycles. The number of aromatic nitrogens is 1. The zero-order chi connectivity index (χ0) is 13.7. The molecule has 0 bridgehead atoms. The van der Waals surface area contributed by atoms with Gasteiger partial charge in [-0.3, -0.25) is 4.98 Å². The van der Waals surface area contributed by atoms with Gasteiger partial charge in [0.2, 0.25) is 0 Å². The van der Waals surface area contributed by atoms with Crippen LogP contribution in [0.4, 0.5) is 0 Å². The Labute approximate surface area is 111 Å². The topological polar surface area (TPSA) is 59.4 Å². The number of carbonyl (C=O) groups is 1. The van der Waals surface area contributed by atoms with Crippen LogP contribution in [0.5, 0.6) is 11.5 Å². The van der Waals surface area contributed by atoms with E-state index in [1.54, 1.807) is 18.5 Å². The average Bonchev–Trinajstić information content (AvgIpc) is 2.40. The molecule has 4 nitrogen and oxygen atoms in total. The quantitative estimate of drug-likeness (QED) is 0.852. The van der Waals surface area contributed by atoms with Crippen LogP contribution in [0.25, 0.3) is 6.08 Å². The Hall–Kier alpha value is -2.62. The van der Waals surface area contributed by atoms with E-state index in [1.165, 1.54) is 6.08 Å². The monoisotopic (exact) mass is 255 g/mol. The van der Waals surface area contributed by atoms with Crippen LogP contribution in [0.3, 0.4) is 0 Å². The van der Waals surface area contributed by atoms with Gasteiger partial charge in [0.05, 0.1) is 6.20 Å². The zero-order valence-corrected chi connectivity index (χ0v) is 10.4. The molecule has 19 heavy (non-hydrogen) atoms. The summed E-state index contributed by atoms with van der Waals surface area (Å²) in [5.41, 5.74) is 1.70. The number of hydrogen-bond acceptors (Lipinski definition) is 3. The van der Waals surface area contributed by atoms with Gasteiger partial charge >= 0.3 is 5.97 Å². The summed E-state index contributed by atoms with van der Waals surface area (Å²) in [5.74, 6) is 0.329. The van der Waals surface area contributed by atoms with Crippen molar-refractivity contribution in [2.24, 2.45) is 0 Å². The molecule has 0 radical (unpaired) electrons. The van der Waals surface area contributed by atoms with Gasteiger partial charge < -0.3 is 9.84 Å². The molecule has 1 aromatic heterocycles. The van der Waals surface area contributed by atoms with Crippen molar-refractivity contribution in [3.05, 3.63) is 59.9 Å². The number of aliphatic carboxylic acids is 1. The highest BCUT2D eigenvalue weighted by atomic mass is 16.5. The second kappa shape index (κ2) is 5.82. The van der Waals surface area contributed by atoms with Gasteiger partial charge in [0.25, 0.3) is 0 Å². The van der Waals surface area contributed by atoms with E-state index in [2.05, 4.69) is 4.98 Å². The second-order valence-electron chi connectivity index (χ2n) is 3.99. The minimum absolute atomic E-state index is 0.571. The van der Waals surface area contributed by atoms with Crippen LogP contribution in [0.15, 0.2) is 48.8 Å². The first-order chi connectivity index (χ1) is 9.15. The minimum atomic E-state index is -0.995. The molecule has 0 fully saturated rings. The van der Waals surface area contributed by atoms with Crippen LogP contribution in [0.1, 0.15) is 11.1 Å². The van der Waals surface area contributed by atoms with Crippen LogP contribution in [-0.4, -0.2) is 16.1 Å². The fourth-order valence-corrected chi connectivity index (χ4v) is 1.55. The van der Waals surface area contributed by atoms with Gasteiger partial charge in [0, 0.05) is 12.3 Å². The van der Waals surface area contributed by atoms with Crippen molar-refractivity contribution in [1.82, 2.24) is 4.98 Å². The molecule has 0 aliphatic carbocycles. The third kappa shape index (κ3) is 3.67. The predicted octanol–water partition coefficient (Wildman–Crippen LogP) is 3.28. The minimum Gasteiger partial charge on any atom is -0.478 e. The number of aryl methyl sites for hydroxylation is 1. The highest BCUT2D eigenvalue weighted by Crippen LogP contribution is 2.24.